The summed E-state index contributed by atoms with van der Waals surface area (Å²) in [5.41, 5.74) is 2.16. The first-order valence-electron chi connectivity index (χ1n) is 10.2. The summed E-state index contributed by atoms with van der Waals surface area (Å²) in [5, 5.41) is 0. The van der Waals surface area contributed by atoms with Crippen molar-refractivity contribution in [1.82, 2.24) is 4.90 Å². The van der Waals surface area contributed by atoms with Gasteiger partial charge in [-0.05, 0) is 35.7 Å². The fourth-order valence-corrected chi connectivity index (χ4v) is 3.83. The molecule has 3 aromatic rings. The van der Waals surface area contributed by atoms with Crippen molar-refractivity contribution in [3.05, 3.63) is 102 Å². The van der Waals surface area contributed by atoms with Gasteiger partial charge in [0.25, 0.3) is 5.91 Å². The summed E-state index contributed by atoms with van der Waals surface area (Å²) < 4.78 is 28.6. The fourth-order valence-electron chi connectivity index (χ4n) is 3.16. The molecular weight excluding hydrogens is 426 g/mol. The number of carbonyl (C=O) groups excluding carboxylic acids is 2. The lowest BCUT2D eigenvalue weighted by Crippen LogP contribution is -2.35. The molecule has 0 fully saturated rings. The zero-order chi connectivity index (χ0) is 23.0. The van der Waals surface area contributed by atoms with E-state index in [1.54, 1.807) is 4.90 Å². The summed E-state index contributed by atoms with van der Waals surface area (Å²) in [5.74, 6) is -1.07. The third-order valence-corrected chi connectivity index (χ3v) is 6.02. The number of hydrogen-bond donors (Lipinski definition) is 0. The van der Waals surface area contributed by atoms with Crippen LogP contribution in [-0.4, -0.2) is 44.6 Å². The van der Waals surface area contributed by atoms with Crippen molar-refractivity contribution < 1.29 is 22.7 Å². The highest BCUT2D eigenvalue weighted by Gasteiger charge is 2.18. The summed E-state index contributed by atoms with van der Waals surface area (Å²) in [6, 6.07) is 25.0. The number of hydrogen-bond acceptors (Lipinski definition) is 5. The SMILES string of the molecule is CS(=O)(=O)c1cccc(C(=O)OCC(=O)N(CCc2ccccc2)Cc2ccccc2)c1. The van der Waals surface area contributed by atoms with E-state index in [2.05, 4.69) is 0 Å². The zero-order valence-electron chi connectivity index (χ0n) is 17.8. The lowest BCUT2D eigenvalue weighted by atomic mass is 10.1. The first-order valence-corrected chi connectivity index (χ1v) is 12.0. The number of esters is 1. The van der Waals surface area contributed by atoms with E-state index >= 15 is 0 Å². The van der Waals surface area contributed by atoms with Crippen molar-refractivity contribution >= 4 is 21.7 Å². The van der Waals surface area contributed by atoms with Gasteiger partial charge in [0.1, 0.15) is 0 Å². The van der Waals surface area contributed by atoms with Crippen molar-refractivity contribution in [2.75, 3.05) is 19.4 Å². The standard InChI is InChI=1S/C25H25NO5S/c1-32(29,30)23-14-8-13-22(17-23)25(28)31-19-24(27)26(18-21-11-6-3-7-12-21)16-15-20-9-4-2-5-10-20/h2-14,17H,15-16,18-19H2,1H3. The average molecular weight is 452 g/mol. The summed E-state index contributed by atoms with van der Waals surface area (Å²) in [7, 11) is -3.45. The molecule has 0 N–H and O–H groups in total. The minimum absolute atomic E-state index is 0.0202. The molecule has 0 saturated heterocycles. The summed E-state index contributed by atoms with van der Waals surface area (Å²) in [6.45, 7) is 0.441. The molecule has 3 rings (SSSR count). The molecule has 0 radical (unpaired) electrons. The maximum absolute atomic E-state index is 12.9. The third kappa shape index (κ3) is 6.78. The van der Waals surface area contributed by atoms with E-state index in [1.807, 2.05) is 60.7 Å². The highest BCUT2D eigenvalue weighted by atomic mass is 32.2. The zero-order valence-corrected chi connectivity index (χ0v) is 18.6. The lowest BCUT2D eigenvalue weighted by Gasteiger charge is -2.23. The van der Waals surface area contributed by atoms with Crippen LogP contribution in [0.1, 0.15) is 21.5 Å². The van der Waals surface area contributed by atoms with Crippen LogP contribution in [0.2, 0.25) is 0 Å². The number of nitrogens with zero attached hydrogens (tertiary/aromatic N) is 1. The molecule has 0 aliphatic heterocycles. The maximum Gasteiger partial charge on any atom is 0.338 e. The van der Waals surface area contributed by atoms with Crippen LogP contribution in [0.4, 0.5) is 0 Å². The van der Waals surface area contributed by atoms with Gasteiger partial charge >= 0.3 is 5.97 Å². The van der Waals surface area contributed by atoms with Gasteiger partial charge < -0.3 is 9.64 Å². The maximum atomic E-state index is 12.9. The van der Waals surface area contributed by atoms with Gasteiger partial charge in [0.15, 0.2) is 16.4 Å². The van der Waals surface area contributed by atoms with Crippen molar-refractivity contribution in [2.45, 2.75) is 17.9 Å². The molecule has 0 bridgehead atoms. The summed E-state index contributed by atoms with van der Waals surface area (Å²) in [6.07, 6.45) is 1.74. The van der Waals surface area contributed by atoms with E-state index in [-0.39, 0.29) is 16.4 Å². The fraction of sp³-hybridized carbons (Fsp3) is 0.200. The van der Waals surface area contributed by atoms with Crippen LogP contribution in [0, 0.1) is 0 Å². The minimum Gasteiger partial charge on any atom is -0.452 e. The molecule has 0 unspecified atom stereocenters. The van der Waals surface area contributed by atoms with Crippen molar-refractivity contribution in [3.63, 3.8) is 0 Å². The number of carbonyl (C=O) groups is 2. The topological polar surface area (TPSA) is 80.7 Å². The highest BCUT2D eigenvalue weighted by molar-refractivity contribution is 7.90. The number of amides is 1. The number of ether oxygens (including phenoxy) is 1. The Bertz CT molecular complexity index is 1160. The van der Waals surface area contributed by atoms with Gasteiger partial charge in [-0.1, -0.05) is 66.7 Å². The van der Waals surface area contributed by atoms with Gasteiger partial charge in [-0.2, -0.15) is 0 Å². The average Bonchev–Trinajstić information content (AvgIpc) is 2.81. The molecule has 0 atom stereocenters. The normalized spacial score (nSPS) is 11.0. The Morgan fingerprint density at radius 3 is 2.09 bits per heavy atom. The summed E-state index contributed by atoms with van der Waals surface area (Å²) >= 11 is 0. The van der Waals surface area contributed by atoms with E-state index < -0.39 is 22.4 Å². The van der Waals surface area contributed by atoms with Crippen molar-refractivity contribution in [3.8, 4) is 0 Å². The predicted octanol–water partition coefficient (Wildman–Crippen LogP) is 3.52. The third-order valence-electron chi connectivity index (χ3n) is 4.91. The molecule has 0 aromatic heterocycles. The second-order valence-corrected chi connectivity index (χ2v) is 9.43. The Hall–Kier alpha value is -3.45. The minimum atomic E-state index is -3.45. The van der Waals surface area contributed by atoms with Crippen LogP contribution in [0.25, 0.3) is 0 Å². The Morgan fingerprint density at radius 2 is 1.47 bits per heavy atom. The number of rotatable bonds is 9. The highest BCUT2D eigenvalue weighted by Crippen LogP contribution is 2.13. The van der Waals surface area contributed by atoms with Crippen LogP contribution < -0.4 is 0 Å². The van der Waals surface area contributed by atoms with Gasteiger partial charge in [0.05, 0.1) is 10.5 Å². The molecule has 0 heterocycles. The molecule has 6 nitrogen and oxygen atoms in total. The van der Waals surface area contributed by atoms with Gasteiger partial charge in [0.2, 0.25) is 0 Å². The summed E-state index contributed by atoms with van der Waals surface area (Å²) in [4.78, 5) is 27.0. The number of benzene rings is 3. The number of sulfone groups is 1. The van der Waals surface area contributed by atoms with Gasteiger partial charge in [-0.15, -0.1) is 0 Å². The quantitative estimate of drug-likeness (QED) is 0.465. The molecule has 166 valence electrons. The Morgan fingerprint density at radius 1 is 0.844 bits per heavy atom. The molecule has 0 spiro atoms. The van der Waals surface area contributed by atoms with E-state index in [0.717, 1.165) is 17.4 Å². The first kappa shape index (κ1) is 23.2. The molecule has 0 aliphatic rings. The molecular formula is C25H25NO5S. The molecule has 0 aliphatic carbocycles. The van der Waals surface area contributed by atoms with Crippen LogP contribution in [-0.2, 0) is 32.3 Å². The smallest absolute Gasteiger partial charge is 0.338 e. The second kappa shape index (κ2) is 10.7. The monoisotopic (exact) mass is 451 g/mol. The van der Waals surface area contributed by atoms with E-state index in [9.17, 15) is 18.0 Å². The largest absolute Gasteiger partial charge is 0.452 e. The van der Waals surface area contributed by atoms with E-state index in [1.165, 1.54) is 24.3 Å². The Kier molecular flexibility index (Phi) is 7.78. The molecule has 0 saturated carbocycles. The van der Waals surface area contributed by atoms with E-state index in [4.69, 9.17) is 4.74 Å². The van der Waals surface area contributed by atoms with Gasteiger partial charge in [-0.25, -0.2) is 13.2 Å². The Balaban J connectivity index is 1.66. The van der Waals surface area contributed by atoms with Gasteiger partial charge in [0, 0.05) is 19.3 Å². The van der Waals surface area contributed by atoms with Crippen molar-refractivity contribution in [1.29, 1.82) is 0 Å². The van der Waals surface area contributed by atoms with Gasteiger partial charge in [-0.3, -0.25) is 4.79 Å². The predicted molar refractivity (Wildman–Crippen MR) is 122 cm³/mol. The molecule has 1 amide bonds. The molecule has 32 heavy (non-hydrogen) atoms. The van der Waals surface area contributed by atoms with Crippen LogP contribution >= 0.6 is 0 Å². The Labute approximate surface area is 188 Å². The lowest BCUT2D eigenvalue weighted by molar-refractivity contribution is -0.135. The van der Waals surface area contributed by atoms with Crippen LogP contribution in [0.3, 0.4) is 0 Å². The molecule has 7 heteroatoms. The second-order valence-electron chi connectivity index (χ2n) is 7.41. The van der Waals surface area contributed by atoms with Crippen LogP contribution in [0.5, 0.6) is 0 Å². The molecule has 3 aromatic carbocycles. The van der Waals surface area contributed by atoms with Crippen molar-refractivity contribution in [2.24, 2.45) is 0 Å². The van der Waals surface area contributed by atoms with E-state index in [0.29, 0.717) is 19.5 Å². The first-order chi connectivity index (χ1) is 15.3. The van der Waals surface area contributed by atoms with Crippen LogP contribution in [0.15, 0.2) is 89.8 Å².